The van der Waals surface area contributed by atoms with Gasteiger partial charge in [0, 0.05) is 23.7 Å². The van der Waals surface area contributed by atoms with Crippen molar-refractivity contribution in [2.45, 2.75) is 19.9 Å². The maximum atomic E-state index is 13.7. The molecule has 0 amide bonds. The molecule has 0 saturated carbocycles. The molecule has 1 unspecified atom stereocenters. The molecular weight excluding hydrogens is 265 g/mol. The minimum absolute atomic E-state index is 0.334. The summed E-state index contributed by atoms with van der Waals surface area (Å²) in [6.45, 7) is 7.58. The van der Waals surface area contributed by atoms with Crippen molar-refractivity contribution in [1.82, 2.24) is 10.2 Å². The van der Waals surface area contributed by atoms with Crippen LogP contribution < -0.4 is 5.32 Å². The second-order valence-corrected chi connectivity index (χ2v) is 4.65. The summed E-state index contributed by atoms with van der Waals surface area (Å²) in [5.74, 6) is -0.450. The van der Waals surface area contributed by atoms with Gasteiger partial charge in [0.25, 0.3) is 0 Å². The number of rotatable bonds is 7. The molecule has 1 N–H and O–H groups in total. The highest BCUT2D eigenvalue weighted by molar-refractivity contribution is 6.30. The molecule has 0 aliphatic heterocycles. The molecule has 0 bridgehead atoms. The van der Waals surface area contributed by atoms with E-state index in [1.54, 1.807) is 12.1 Å². The largest absolute Gasteiger partial charge is 0.303 e. The van der Waals surface area contributed by atoms with Gasteiger partial charge >= 0.3 is 0 Å². The zero-order valence-electron chi connectivity index (χ0n) is 11.3. The third-order valence-corrected chi connectivity index (χ3v) is 3.31. The molecule has 0 aromatic heterocycles. The van der Waals surface area contributed by atoms with E-state index in [9.17, 15) is 4.39 Å². The monoisotopic (exact) mass is 283 g/mol. The van der Waals surface area contributed by atoms with Crippen LogP contribution in [-0.4, -0.2) is 31.1 Å². The van der Waals surface area contributed by atoms with Gasteiger partial charge < -0.3 is 4.90 Å². The van der Waals surface area contributed by atoms with E-state index in [2.05, 4.69) is 30.1 Å². The number of halogens is 2. The van der Waals surface area contributed by atoms with Crippen molar-refractivity contribution in [3.8, 4) is 6.07 Å². The molecule has 1 rings (SSSR count). The quantitative estimate of drug-likeness (QED) is 0.836. The van der Waals surface area contributed by atoms with Crippen LogP contribution in [0.1, 0.15) is 25.5 Å². The topological polar surface area (TPSA) is 39.1 Å². The molecular formula is C14H19ClFN3. The van der Waals surface area contributed by atoms with Crippen LogP contribution in [0.15, 0.2) is 18.2 Å². The molecule has 0 saturated heterocycles. The van der Waals surface area contributed by atoms with Gasteiger partial charge in [0.05, 0.1) is 6.07 Å². The fourth-order valence-electron chi connectivity index (χ4n) is 1.87. The zero-order valence-corrected chi connectivity index (χ0v) is 12.0. The highest BCUT2D eigenvalue weighted by Crippen LogP contribution is 2.20. The van der Waals surface area contributed by atoms with E-state index in [0.717, 1.165) is 19.6 Å². The van der Waals surface area contributed by atoms with Crippen molar-refractivity contribution in [3.05, 3.63) is 34.6 Å². The summed E-state index contributed by atoms with van der Waals surface area (Å²) in [4.78, 5) is 2.24. The Bertz CT molecular complexity index is 441. The Morgan fingerprint density at radius 2 is 2.11 bits per heavy atom. The third-order valence-electron chi connectivity index (χ3n) is 3.07. The first kappa shape index (κ1) is 15.9. The first-order valence-electron chi connectivity index (χ1n) is 6.42. The lowest BCUT2D eigenvalue weighted by Crippen LogP contribution is -2.33. The van der Waals surface area contributed by atoms with Gasteiger partial charge in [-0.1, -0.05) is 31.5 Å². The first-order chi connectivity index (χ1) is 9.12. The van der Waals surface area contributed by atoms with Crippen molar-refractivity contribution in [3.63, 3.8) is 0 Å². The van der Waals surface area contributed by atoms with Gasteiger partial charge in [0.1, 0.15) is 11.9 Å². The molecule has 0 spiro atoms. The SMILES string of the molecule is CCN(CC)CCNC(C#N)c1ccc(Cl)cc1F. The molecule has 5 heteroatoms. The van der Waals surface area contributed by atoms with E-state index in [4.69, 9.17) is 16.9 Å². The lowest BCUT2D eigenvalue weighted by atomic mass is 10.1. The summed E-state index contributed by atoms with van der Waals surface area (Å²) in [6.07, 6.45) is 0. The second kappa shape index (κ2) is 8.11. The summed E-state index contributed by atoms with van der Waals surface area (Å²) in [7, 11) is 0. The van der Waals surface area contributed by atoms with Gasteiger partial charge in [-0.05, 0) is 25.2 Å². The van der Waals surface area contributed by atoms with Gasteiger partial charge in [0.15, 0.2) is 0 Å². The Kier molecular flexibility index (Phi) is 6.79. The summed E-state index contributed by atoms with van der Waals surface area (Å²) < 4.78 is 13.7. The molecule has 0 heterocycles. The van der Waals surface area contributed by atoms with Crippen LogP contribution in [0.3, 0.4) is 0 Å². The Morgan fingerprint density at radius 3 is 2.63 bits per heavy atom. The van der Waals surface area contributed by atoms with Crippen LogP contribution in [0.25, 0.3) is 0 Å². The highest BCUT2D eigenvalue weighted by atomic mass is 35.5. The van der Waals surface area contributed by atoms with Crippen LogP contribution >= 0.6 is 11.6 Å². The van der Waals surface area contributed by atoms with E-state index in [-0.39, 0.29) is 0 Å². The predicted molar refractivity (Wildman–Crippen MR) is 75.6 cm³/mol. The summed E-state index contributed by atoms with van der Waals surface area (Å²) >= 11 is 5.70. The van der Waals surface area contributed by atoms with Crippen molar-refractivity contribution in [2.24, 2.45) is 0 Å². The molecule has 0 fully saturated rings. The number of nitriles is 1. The molecule has 0 aliphatic carbocycles. The average Bonchev–Trinajstić information content (AvgIpc) is 2.40. The van der Waals surface area contributed by atoms with Gasteiger partial charge in [-0.25, -0.2) is 4.39 Å². The average molecular weight is 284 g/mol. The van der Waals surface area contributed by atoms with Crippen LogP contribution in [0.2, 0.25) is 5.02 Å². The Morgan fingerprint density at radius 1 is 1.42 bits per heavy atom. The summed E-state index contributed by atoms with van der Waals surface area (Å²) in [6, 6.07) is 5.80. The normalized spacial score (nSPS) is 12.4. The third kappa shape index (κ3) is 4.79. The molecule has 0 radical (unpaired) electrons. The summed E-state index contributed by atoms with van der Waals surface area (Å²) in [5, 5.41) is 12.5. The Hall–Kier alpha value is -1.15. The smallest absolute Gasteiger partial charge is 0.130 e. The highest BCUT2D eigenvalue weighted by Gasteiger charge is 2.15. The molecule has 0 aliphatic rings. The molecule has 1 atom stereocenters. The van der Waals surface area contributed by atoms with Gasteiger partial charge in [-0.15, -0.1) is 0 Å². The van der Waals surface area contributed by atoms with Crippen molar-refractivity contribution in [1.29, 1.82) is 5.26 Å². The molecule has 3 nitrogen and oxygen atoms in total. The van der Waals surface area contributed by atoms with E-state index >= 15 is 0 Å². The van der Waals surface area contributed by atoms with Gasteiger partial charge in [-0.3, -0.25) is 5.32 Å². The minimum Gasteiger partial charge on any atom is -0.303 e. The van der Waals surface area contributed by atoms with Crippen molar-refractivity contribution in [2.75, 3.05) is 26.2 Å². The maximum Gasteiger partial charge on any atom is 0.130 e. The van der Waals surface area contributed by atoms with E-state index in [0.29, 0.717) is 17.1 Å². The molecule has 19 heavy (non-hydrogen) atoms. The Labute approximate surface area is 119 Å². The predicted octanol–water partition coefficient (Wildman–Crippen LogP) is 2.98. The van der Waals surface area contributed by atoms with Crippen molar-refractivity contribution >= 4 is 11.6 Å². The summed E-state index contributed by atoms with van der Waals surface area (Å²) in [5.41, 5.74) is 0.339. The zero-order chi connectivity index (χ0) is 14.3. The van der Waals surface area contributed by atoms with Gasteiger partial charge in [-0.2, -0.15) is 5.26 Å². The Balaban J connectivity index is 2.61. The van der Waals surface area contributed by atoms with Crippen LogP contribution in [-0.2, 0) is 0 Å². The fourth-order valence-corrected chi connectivity index (χ4v) is 2.03. The van der Waals surface area contributed by atoms with Crippen LogP contribution in [0.4, 0.5) is 4.39 Å². The number of benzene rings is 1. The van der Waals surface area contributed by atoms with E-state index < -0.39 is 11.9 Å². The van der Waals surface area contributed by atoms with E-state index in [1.807, 2.05) is 0 Å². The second-order valence-electron chi connectivity index (χ2n) is 4.21. The standard InChI is InChI=1S/C14H19ClFN3/c1-3-19(4-2)8-7-18-14(10-17)12-6-5-11(15)9-13(12)16/h5-6,9,14,18H,3-4,7-8H2,1-2H3. The van der Waals surface area contributed by atoms with Crippen LogP contribution in [0, 0.1) is 17.1 Å². The number of nitrogens with zero attached hydrogens (tertiary/aromatic N) is 2. The van der Waals surface area contributed by atoms with E-state index in [1.165, 1.54) is 6.07 Å². The minimum atomic E-state index is -0.646. The number of nitrogens with one attached hydrogen (secondary N) is 1. The number of hydrogen-bond acceptors (Lipinski definition) is 3. The molecule has 104 valence electrons. The lowest BCUT2D eigenvalue weighted by Gasteiger charge is -2.19. The number of hydrogen-bond donors (Lipinski definition) is 1. The lowest BCUT2D eigenvalue weighted by molar-refractivity contribution is 0.300. The van der Waals surface area contributed by atoms with Crippen molar-refractivity contribution < 1.29 is 4.39 Å². The fraction of sp³-hybridized carbons (Fsp3) is 0.500. The van der Waals surface area contributed by atoms with Crippen LogP contribution in [0.5, 0.6) is 0 Å². The molecule has 1 aromatic rings. The molecule has 1 aromatic carbocycles. The first-order valence-corrected chi connectivity index (χ1v) is 6.80. The number of likely N-dealkylation sites (N-methyl/N-ethyl adjacent to an activating group) is 1. The maximum absolute atomic E-state index is 13.7. The van der Waals surface area contributed by atoms with Gasteiger partial charge in [0.2, 0.25) is 0 Å².